The number of benzene rings is 2. The number of anilines is 2. The van der Waals surface area contributed by atoms with E-state index in [-0.39, 0.29) is 0 Å². The van der Waals surface area contributed by atoms with E-state index in [1.54, 1.807) is 6.07 Å². The number of rotatable bonds is 3. The number of halogens is 2. The van der Waals surface area contributed by atoms with Gasteiger partial charge in [0.15, 0.2) is 0 Å². The van der Waals surface area contributed by atoms with Crippen LogP contribution in [0.2, 0.25) is 10.0 Å². The Morgan fingerprint density at radius 1 is 1.11 bits per heavy atom. The van der Waals surface area contributed by atoms with Crippen LogP contribution in [-0.2, 0) is 6.54 Å². The van der Waals surface area contributed by atoms with Gasteiger partial charge in [-0.2, -0.15) is 0 Å². The van der Waals surface area contributed by atoms with Crippen LogP contribution in [0.3, 0.4) is 0 Å². The molecule has 0 unspecified atom stereocenters. The summed E-state index contributed by atoms with van der Waals surface area (Å²) >= 11 is 12.0. The second kappa shape index (κ2) is 5.51. The van der Waals surface area contributed by atoms with E-state index in [9.17, 15) is 0 Å². The lowest BCUT2D eigenvalue weighted by molar-refractivity contribution is 1.14. The van der Waals surface area contributed by atoms with Crippen LogP contribution < -0.4 is 11.1 Å². The van der Waals surface area contributed by atoms with E-state index in [1.165, 1.54) is 0 Å². The molecule has 0 heterocycles. The van der Waals surface area contributed by atoms with Crippen LogP contribution in [0, 0.1) is 6.92 Å². The molecule has 2 aromatic carbocycles. The summed E-state index contributed by atoms with van der Waals surface area (Å²) in [6.07, 6.45) is 0. The van der Waals surface area contributed by atoms with Crippen LogP contribution in [-0.4, -0.2) is 0 Å². The van der Waals surface area contributed by atoms with Gasteiger partial charge in [-0.25, -0.2) is 0 Å². The van der Waals surface area contributed by atoms with Crippen molar-refractivity contribution in [2.75, 3.05) is 11.1 Å². The van der Waals surface area contributed by atoms with Crippen LogP contribution in [0.5, 0.6) is 0 Å². The summed E-state index contributed by atoms with van der Waals surface area (Å²) in [5, 5.41) is 4.65. The van der Waals surface area contributed by atoms with Crippen LogP contribution in [0.15, 0.2) is 36.4 Å². The molecule has 3 N–H and O–H groups in total. The van der Waals surface area contributed by atoms with Crippen LogP contribution in [0.25, 0.3) is 0 Å². The molecule has 94 valence electrons. The molecule has 0 aliphatic heterocycles. The first-order valence-electron chi connectivity index (χ1n) is 5.60. The highest BCUT2D eigenvalue weighted by Crippen LogP contribution is 2.23. The molecule has 0 saturated carbocycles. The average molecular weight is 281 g/mol. The molecule has 0 radical (unpaired) electrons. The zero-order valence-electron chi connectivity index (χ0n) is 10.0. The Kier molecular flexibility index (Phi) is 4.00. The van der Waals surface area contributed by atoms with Crippen molar-refractivity contribution in [2.24, 2.45) is 0 Å². The minimum Gasteiger partial charge on any atom is -0.399 e. The molecule has 2 rings (SSSR count). The summed E-state index contributed by atoms with van der Waals surface area (Å²) < 4.78 is 0. The van der Waals surface area contributed by atoms with E-state index >= 15 is 0 Å². The molecule has 0 aromatic heterocycles. The number of nitrogens with two attached hydrogens (primary N) is 1. The van der Waals surface area contributed by atoms with Gasteiger partial charge in [-0.3, -0.25) is 0 Å². The second-order valence-corrected chi connectivity index (χ2v) is 5.01. The number of nitrogen functional groups attached to an aromatic ring is 1. The molecule has 18 heavy (non-hydrogen) atoms. The third-order valence-electron chi connectivity index (χ3n) is 2.73. The molecule has 0 atom stereocenters. The van der Waals surface area contributed by atoms with E-state index in [0.717, 1.165) is 22.5 Å². The zero-order chi connectivity index (χ0) is 13.1. The third kappa shape index (κ3) is 3.09. The highest BCUT2D eigenvalue weighted by molar-refractivity contribution is 6.35. The van der Waals surface area contributed by atoms with Gasteiger partial charge in [-0.05, 0) is 48.4 Å². The summed E-state index contributed by atoms with van der Waals surface area (Å²) in [6, 6.07) is 11.3. The van der Waals surface area contributed by atoms with Crippen molar-refractivity contribution in [3.63, 3.8) is 0 Å². The fourth-order valence-electron chi connectivity index (χ4n) is 1.74. The Bertz CT molecular complexity index is 516. The first-order chi connectivity index (χ1) is 8.56. The molecule has 0 aliphatic rings. The first-order valence-corrected chi connectivity index (χ1v) is 6.36. The SMILES string of the molecule is Cc1cc(N)ccc1NCc1ccc(Cl)cc1Cl. The zero-order valence-corrected chi connectivity index (χ0v) is 11.5. The molecule has 0 bridgehead atoms. The van der Waals surface area contributed by atoms with Crippen molar-refractivity contribution in [2.45, 2.75) is 13.5 Å². The van der Waals surface area contributed by atoms with Crippen LogP contribution in [0.1, 0.15) is 11.1 Å². The molecule has 0 spiro atoms. The average Bonchev–Trinajstić information content (AvgIpc) is 2.30. The molecule has 0 amide bonds. The van der Waals surface area contributed by atoms with Crippen LogP contribution in [0.4, 0.5) is 11.4 Å². The van der Waals surface area contributed by atoms with Gasteiger partial charge in [0, 0.05) is 28.0 Å². The predicted octanol–water partition coefficient (Wildman–Crippen LogP) is 4.50. The lowest BCUT2D eigenvalue weighted by Gasteiger charge is -2.11. The molecule has 0 fully saturated rings. The Balaban J connectivity index is 2.11. The van der Waals surface area contributed by atoms with Gasteiger partial charge >= 0.3 is 0 Å². The second-order valence-electron chi connectivity index (χ2n) is 4.16. The lowest BCUT2D eigenvalue weighted by Crippen LogP contribution is -2.02. The van der Waals surface area contributed by atoms with E-state index in [0.29, 0.717) is 16.6 Å². The molecule has 2 nitrogen and oxygen atoms in total. The first kappa shape index (κ1) is 13.1. The van der Waals surface area contributed by atoms with Gasteiger partial charge in [-0.15, -0.1) is 0 Å². The van der Waals surface area contributed by atoms with Crippen molar-refractivity contribution >= 4 is 34.6 Å². The highest BCUT2D eigenvalue weighted by Gasteiger charge is 2.03. The fraction of sp³-hybridized carbons (Fsp3) is 0.143. The Labute approximate surface area is 117 Å². The highest BCUT2D eigenvalue weighted by atomic mass is 35.5. The van der Waals surface area contributed by atoms with Gasteiger partial charge in [0.1, 0.15) is 0 Å². The standard InChI is InChI=1S/C14H14Cl2N2/c1-9-6-12(17)4-5-14(9)18-8-10-2-3-11(15)7-13(10)16/h2-7,18H,8,17H2,1H3. The Morgan fingerprint density at radius 3 is 2.56 bits per heavy atom. The summed E-state index contributed by atoms with van der Waals surface area (Å²) in [5.74, 6) is 0. The number of nitrogens with one attached hydrogen (secondary N) is 1. The van der Waals surface area contributed by atoms with Gasteiger partial charge in [-0.1, -0.05) is 29.3 Å². The van der Waals surface area contributed by atoms with Crippen molar-refractivity contribution in [1.29, 1.82) is 0 Å². The normalized spacial score (nSPS) is 10.4. The summed E-state index contributed by atoms with van der Waals surface area (Å²) in [7, 11) is 0. The molecule has 4 heteroatoms. The smallest absolute Gasteiger partial charge is 0.0470 e. The maximum absolute atomic E-state index is 6.12. The molecular weight excluding hydrogens is 267 g/mol. The van der Waals surface area contributed by atoms with E-state index in [4.69, 9.17) is 28.9 Å². The van der Waals surface area contributed by atoms with Crippen molar-refractivity contribution < 1.29 is 0 Å². The maximum Gasteiger partial charge on any atom is 0.0470 e. The number of hydrogen-bond donors (Lipinski definition) is 2. The lowest BCUT2D eigenvalue weighted by atomic mass is 10.1. The Hall–Kier alpha value is -1.38. The van der Waals surface area contributed by atoms with Gasteiger partial charge in [0.25, 0.3) is 0 Å². The molecule has 2 aromatic rings. The molecule has 0 saturated heterocycles. The minimum absolute atomic E-state index is 0.646. The molecule has 0 aliphatic carbocycles. The minimum atomic E-state index is 0.646. The predicted molar refractivity (Wildman–Crippen MR) is 79.4 cm³/mol. The maximum atomic E-state index is 6.12. The fourth-order valence-corrected chi connectivity index (χ4v) is 2.22. The summed E-state index contributed by atoms with van der Waals surface area (Å²) in [4.78, 5) is 0. The largest absolute Gasteiger partial charge is 0.399 e. The van der Waals surface area contributed by atoms with E-state index in [2.05, 4.69) is 5.32 Å². The quantitative estimate of drug-likeness (QED) is 0.813. The van der Waals surface area contributed by atoms with E-state index in [1.807, 2.05) is 37.3 Å². The third-order valence-corrected chi connectivity index (χ3v) is 3.32. The van der Waals surface area contributed by atoms with Crippen molar-refractivity contribution in [3.8, 4) is 0 Å². The van der Waals surface area contributed by atoms with Gasteiger partial charge in [0.05, 0.1) is 0 Å². The number of hydrogen-bond acceptors (Lipinski definition) is 2. The van der Waals surface area contributed by atoms with Crippen molar-refractivity contribution in [3.05, 3.63) is 57.6 Å². The summed E-state index contributed by atoms with van der Waals surface area (Å²) in [6.45, 7) is 2.67. The topological polar surface area (TPSA) is 38.0 Å². The Morgan fingerprint density at radius 2 is 1.89 bits per heavy atom. The van der Waals surface area contributed by atoms with E-state index < -0.39 is 0 Å². The molecular formula is C14H14Cl2N2. The summed E-state index contributed by atoms with van der Waals surface area (Å²) in [5.41, 5.74) is 9.65. The van der Waals surface area contributed by atoms with Gasteiger partial charge < -0.3 is 11.1 Å². The van der Waals surface area contributed by atoms with Gasteiger partial charge in [0.2, 0.25) is 0 Å². The monoisotopic (exact) mass is 280 g/mol. The van der Waals surface area contributed by atoms with Crippen LogP contribution >= 0.6 is 23.2 Å². The number of aryl methyl sites for hydroxylation is 1. The van der Waals surface area contributed by atoms with Crippen molar-refractivity contribution in [1.82, 2.24) is 0 Å².